The quantitative estimate of drug-likeness (QED) is 0.726. The van der Waals surface area contributed by atoms with Gasteiger partial charge in [0.05, 0.1) is 5.41 Å². The van der Waals surface area contributed by atoms with Crippen LogP contribution in [0.3, 0.4) is 0 Å². The molecule has 0 aromatic rings. The molecule has 7 unspecified atom stereocenters. The van der Waals surface area contributed by atoms with Crippen LogP contribution in [-0.4, -0.2) is 29.9 Å². The summed E-state index contributed by atoms with van der Waals surface area (Å²) >= 11 is 0. The fraction of sp³-hybridized carbons (Fsp3) is 0.842. The maximum absolute atomic E-state index is 12.9. The molecule has 5 aliphatic rings. The second-order valence-corrected chi connectivity index (χ2v) is 9.22. The molecule has 4 bridgehead atoms. The minimum absolute atomic E-state index is 0.149. The summed E-state index contributed by atoms with van der Waals surface area (Å²) in [6.07, 6.45) is 0.607. The van der Waals surface area contributed by atoms with Crippen molar-refractivity contribution in [3.8, 4) is 0 Å². The number of Topliss-reactive ketones (excluding diaryl/α,β-unsaturated/α-hetero) is 1. The second-order valence-electron chi connectivity index (χ2n) is 9.22. The summed E-state index contributed by atoms with van der Waals surface area (Å²) in [6.45, 7) is 11.1. The van der Waals surface area contributed by atoms with Gasteiger partial charge in [-0.2, -0.15) is 0 Å². The van der Waals surface area contributed by atoms with Gasteiger partial charge in [-0.1, -0.05) is 27.7 Å². The lowest BCUT2D eigenvalue weighted by Gasteiger charge is -2.57. The largest absolute Gasteiger partial charge is 0.461 e. The van der Waals surface area contributed by atoms with Crippen LogP contribution in [0.4, 0.5) is 0 Å². The summed E-state index contributed by atoms with van der Waals surface area (Å²) in [4.78, 5) is 36.5. The fourth-order valence-corrected chi connectivity index (χ4v) is 7.70. The first-order valence-corrected chi connectivity index (χ1v) is 8.85. The molecule has 5 aliphatic carbocycles. The van der Waals surface area contributed by atoms with Crippen molar-refractivity contribution in [1.29, 1.82) is 0 Å². The number of esters is 2. The molecule has 0 aromatic heterocycles. The second kappa shape index (κ2) is 4.05. The molecule has 1 spiro atoms. The molecular weight excluding hydrogens is 308 g/mol. The van der Waals surface area contributed by atoms with E-state index in [1.165, 1.54) is 13.8 Å². The summed E-state index contributed by atoms with van der Waals surface area (Å²) in [5, 5.41) is 0. The molecule has 0 saturated heterocycles. The molecule has 0 radical (unpaired) electrons. The zero-order chi connectivity index (χ0) is 17.9. The van der Waals surface area contributed by atoms with Crippen molar-refractivity contribution in [2.24, 2.45) is 33.5 Å². The van der Waals surface area contributed by atoms with Crippen molar-refractivity contribution < 1.29 is 23.9 Å². The molecular formula is C19H26O5. The first kappa shape index (κ1) is 16.1. The van der Waals surface area contributed by atoms with Crippen LogP contribution in [0.25, 0.3) is 0 Å². The van der Waals surface area contributed by atoms with Crippen LogP contribution in [0.5, 0.6) is 0 Å². The lowest BCUT2D eigenvalue weighted by atomic mass is 9.47. The summed E-state index contributed by atoms with van der Waals surface area (Å²) < 4.78 is 11.7. The zero-order valence-electron chi connectivity index (χ0n) is 15.3. The van der Waals surface area contributed by atoms with Crippen molar-refractivity contribution in [3.05, 3.63) is 0 Å². The third-order valence-corrected chi connectivity index (χ3v) is 8.20. The Morgan fingerprint density at radius 3 is 2.17 bits per heavy atom. The summed E-state index contributed by atoms with van der Waals surface area (Å²) in [7, 11) is 0. The molecule has 132 valence electrons. The first-order valence-electron chi connectivity index (χ1n) is 8.85. The maximum Gasteiger partial charge on any atom is 0.302 e. The molecule has 5 heteroatoms. The van der Waals surface area contributed by atoms with Crippen LogP contribution in [0.15, 0.2) is 0 Å². The van der Waals surface area contributed by atoms with E-state index in [1.807, 2.05) is 13.8 Å². The molecule has 5 nitrogen and oxygen atoms in total. The number of carbonyl (C=O) groups is 3. The molecule has 5 rings (SSSR count). The number of rotatable bonds is 2. The Morgan fingerprint density at radius 2 is 1.62 bits per heavy atom. The van der Waals surface area contributed by atoms with E-state index in [-0.39, 0.29) is 46.7 Å². The molecule has 0 amide bonds. The third kappa shape index (κ3) is 1.28. The molecule has 5 saturated carbocycles. The topological polar surface area (TPSA) is 69.7 Å². The van der Waals surface area contributed by atoms with E-state index < -0.39 is 10.8 Å². The van der Waals surface area contributed by atoms with Crippen LogP contribution in [0.2, 0.25) is 0 Å². The van der Waals surface area contributed by atoms with E-state index in [2.05, 4.69) is 13.8 Å². The molecule has 0 aliphatic heterocycles. The average molecular weight is 334 g/mol. The van der Waals surface area contributed by atoms with Crippen molar-refractivity contribution in [3.63, 3.8) is 0 Å². The monoisotopic (exact) mass is 334 g/mol. The number of hydrogen-bond donors (Lipinski definition) is 0. The van der Waals surface area contributed by atoms with Gasteiger partial charge in [0, 0.05) is 37.0 Å². The number of carbonyl (C=O) groups excluding carboxylic acids is 3. The molecule has 5 fully saturated rings. The Hall–Kier alpha value is -1.39. The highest BCUT2D eigenvalue weighted by molar-refractivity contribution is 5.88. The summed E-state index contributed by atoms with van der Waals surface area (Å²) in [5.41, 5.74) is -1.66. The number of ketones is 1. The van der Waals surface area contributed by atoms with Gasteiger partial charge in [-0.25, -0.2) is 0 Å². The summed E-state index contributed by atoms with van der Waals surface area (Å²) in [5.74, 6) is 0.0484. The third-order valence-electron chi connectivity index (χ3n) is 8.20. The average Bonchev–Trinajstić information content (AvgIpc) is 2.85. The minimum Gasteiger partial charge on any atom is -0.461 e. The van der Waals surface area contributed by atoms with Gasteiger partial charge in [0.1, 0.15) is 18.0 Å². The number of ether oxygens (including phenoxy) is 2. The highest BCUT2D eigenvalue weighted by Gasteiger charge is 2.99. The fourth-order valence-electron chi connectivity index (χ4n) is 7.70. The predicted molar refractivity (Wildman–Crippen MR) is 84.8 cm³/mol. The zero-order valence-corrected chi connectivity index (χ0v) is 15.3. The SMILES string of the molecule is CC(=O)OC1C2C3C2(C)C(OC(C)=O)C12C(C)(C)C(=O)CCC32C. The van der Waals surface area contributed by atoms with E-state index in [0.29, 0.717) is 12.3 Å². The standard InChI is InChI=1S/C19H26O5/c1-9(20)23-14-12-13-17(5)8-7-11(22)16(3,4)19(14,17)15(18(12,13)6)24-10(2)21/h12-15H,7-8H2,1-6H3. The first-order chi connectivity index (χ1) is 11.0. The Bertz CT molecular complexity index is 681. The minimum atomic E-state index is -0.693. The highest BCUT2D eigenvalue weighted by Crippen LogP contribution is 2.94. The predicted octanol–water partition coefficient (Wildman–Crippen LogP) is 2.51. The van der Waals surface area contributed by atoms with Crippen molar-refractivity contribution >= 4 is 17.7 Å². The van der Waals surface area contributed by atoms with Crippen LogP contribution < -0.4 is 0 Å². The Morgan fingerprint density at radius 1 is 1.04 bits per heavy atom. The molecule has 0 N–H and O–H groups in total. The van der Waals surface area contributed by atoms with Gasteiger partial charge in [0.15, 0.2) is 0 Å². The van der Waals surface area contributed by atoms with Gasteiger partial charge in [-0.15, -0.1) is 0 Å². The van der Waals surface area contributed by atoms with Gasteiger partial charge < -0.3 is 9.47 Å². The lowest BCUT2D eigenvalue weighted by Crippen LogP contribution is -2.63. The smallest absolute Gasteiger partial charge is 0.302 e. The normalized spacial score (nSPS) is 52.7. The molecule has 7 atom stereocenters. The van der Waals surface area contributed by atoms with Crippen LogP contribution in [0.1, 0.15) is 54.4 Å². The molecule has 0 aromatic carbocycles. The Kier molecular flexibility index (Phi) is 2.72. The Labute approximate surface area is 142 Å². The highest BCUT2D eigenvalue weighted by atomic mass is 16.6. The van der Waals surface area contributed by atoms with Crippen LogP contribution in [-0.2, 0) is 23.9 Å². The van der Waals surface area contributed by atoms with E-state index in [9.17, 15) is 14.4 Å². The van der Waals surface area contributed by atoms with Crippen LogP contribution >= 0.6 is 0 Å². The van der Waals surface area contributed by atoms with E-state index >= 15 is 0 Å². The van der Waals surface area contributed by atoms with Gasteiger partial charge in [0.25, 0.3) is 0 Å². The van der Waals surface area contributed by atoms with Gasteiger partial charge in [0.2, 0.25) is 0 Å². The van der Waals surface area contributed by atoms with E-state index in [0.717, 1.165) is 6.42 Å². The van der Waals surface area contributed by atoms with E-state index in [1.54, 1.807) is 0 Å². The Balaban J connectivity index is 1.96. The lowest BCUT2D eigenvalue weighted by molar-refractivity contribution is -0.204. The van der Waals surface area contributed by atoms with Crippen molar-refractivity contribution in [1.82, 2.24) is 0 Å². The van der Waals surface area contributed by atoms with Crippen molar-refractivity contribution in [2.75, 3.05) is 0 Å². The van der Waals surface area contributed by atoms with Gasteiger partial charge >= 0.3 is 11.9 Å². The van der Waals surface area contributed by atoms with Gasteiger partial charge in [-0.3, -0.25) is 14.4 Å². The van der Waals surface area contributed by atoms with Crippen molar-refractivity contribution in [2.45, 2.75) is 66.6 Å². The maximum atomic E-state index is 12.9. The molecule has 0 heterocycles. The number of hydrogen-bond acceptors (Lipinski definition) is 5. The van der Waals surface area contributed by atoms with E-state index in [4.69, 9.17) is 9.47 Å². The molecule has 24 heavy (non-hydrogen) atoms. The summed E-state index contributed by atoms with van der Waals surface area (Å²) in [6, 6.07) is 0. The van der Waals surface area contributed by atoms with Gasteiger partial charge in [-0.05, 0) is 17.8 Å². The van der Waals surface area contributed by atoms with Crippen LogP contribution in [0, 0.1) is 33.5 Å².